The Morgan fingerprint density at radius 3 is 2.61 bits per heavy atom. The highest BCUT2D eigenvalue weighted by Crippen LogP contribution is 2.34. The van der Waals surface area contributed by atoms with Crippen LogP contribution in [0, 0.1) is 11.3 Å². The predicted molar refractivity (Wildman–Crippen MR) is 83.0 cm³/mol. The molecule has 0 fully saturated rings. The normalized spacial score (nSPS) is 14.2. The molecule has 1 aromatic rings. The Morgan fingerprint density at radius 1 is 1.39 bits per heavy atom. The van der Waals surface area contributed by atoms with Crippen LogP contribution >= 0.6 is 0 Å². The molecule has 0 saturated heterocycles. The van der Waals surface area contributed by atoms with Gasteiger partial charge in [0.1, 0.15) is 11.2 Å². The largest absolute Gasteiger partial charge is 0.497 e. The minimum atomic E-state index is -1.50. The molecule has 0 spiro atoms. The molecule has 0 saturated carbocycles. The first kappa shape index (κ1) is 18.5. The van der Waals surface area contributed by atoms with E-state index in [1.54, 1.807) is 31.2 Å². The Labute approximate surface area is 135 Å². The number of methoxy groups -OCH3 is 1. The van der Waals surface area contributed by atoms with Gasteiger partial charge in [0.25, 0.3) is 0 Å². The molecule has 0 aliphatic heterocycles. The van der Waals surface area contributed by atoms with Crippen molar-refractivity contribution in [2.24, 2.45) is 0 Å². The third-order valence-corrected chi connectivity index (χ3v) is 3.64. The molecule has 0 bridgehead atoms. The maximum atomic E-state index is 12.1. The van der Waals surface area contributed by atoms with E-state index in [1.165, 1.54) is 7.11 Å². The van der Waals surface area contributed by atoms with E-state index in [-0.39, 0.29) is 12.5 Å². The molecule has 0 radical (unpaired) electrons. The summed E-state index contributed by atoms with van der Waals surface area (Å²) in [6.45, 7) is 3.61. The molecule has 124 valence electrons. The second-order valence-electron chi connectivity index (χ2n) is 5.38. The number of carbonyl (C=O) groups excluding carboxylic acids is 1. The fourth-order valence-corrected chi connectivity index (χ4v) is 2.18. The minimum absolute atomic E-state index is 0.283. The molecule has 1 rings (SSSR count). The van der Waals surface area contributed by atoms with Crippen LogP contribution in [0.4, 0.5) is 0 Å². The van der Waals surface area contributed by atoms with E-state index in [1.807, 2.05) is 13.0 Å². The van der Waals surface area contributed by atoms with Crippen molar-refractivity contribution in [1.29, 1.82) is 5.26 Å². The Bertz CT molecular complexity index is 607. The summed E-state index contributed by atoms with van der Waals surface area (Å²) < 4.78 is 10.3. The smallest absolute Gasteiger partial charge is 0.308 e. The van der Waals surface area contributed by atoms with Crippen LogP contribution in [0.5, 0.6) is 5.75 Å². The lowest BCUT2D eigenvalue weighted by molar-refractivity contribution is -0.149. The molecule has 0 aliphatic rings. The van der Waals surface area contributed by atoms with Gasteiger partial charge in [-0.05, 0) is 31.0 Å². The fraction of sp³-hybridized carbons (Fsp3) is 0.471. The van der Waals surface area contributed by atoms with Crippen molar-refractivity contribution in [2.75, 3.05) is 7.11 Å². The predicted octanol–water partition coefficient (Wildman–Crippen LogP) is 2.66. The molecule has 23 heavy (non-hydrogen) atoms. The van der Waals surface area contributed by atoms with Crippen molar-refractivity contribution >= 4 is 11.9 Å². The molecule has 6 nitrogen and oxygen atoms in total. The first-order chi connectivity index (χ1) is 10.9. The molecule has 0 aliphatic carbocycles. The van der Waals surface area contributed by atoms with Gasteiger partial charge < -0.3 is 14.6 Å². The third-order valence-electron chi connectivity index (χ3n) is 3.64. The van der Waals surface area contributed by atoms with Gasteiger partial charge in [0, 0.05) is 0 Å². The molecule has 1 aromatic carbocycles. The zero-order chi connectivity index (χ0) is 17.5. The number of benzene rings is 1. The molecule has 0 aromatic heterocycles. The number of esters is 1. The lowest BCUT2D eigenvalue weighted by Gasteiger charge is -2.25. The van der Waals surface area contributed by atoms with Crippen LogP contribution in [-0.4, -0.2) is 30.3 Å². The Hall–Kier alpha value is -2.55. The summed E-state index contributed by atoms with van der Waals surface area (Å²) >= 11 is 0. The van der Waals surface area contributed by atoms with Crippen LogP contribution in [0.1, 0.15) is 38.7 Å². The molecule has 1 N–H and O–H groups in total. The zero-order valence-corrected chi connectivity index (χ0v) is 13.5. The summed E-state index contributed by atoms with van der Waals surface area (Å²) in [4.78, 5) is 23.3. The monoisotopic (exact) mass is 319 g/mol. The van der Waals surface area contributed by atoms with Gasteiger partial charge in [-0.2, -0.15) is 5.26 Å². The number of nitriles is 1. The zero-order valence-electron chi connectivity index (χ0n) is 13.5. The quantitative estimate of drug-likeness (QED) is 0.740. The lowest BCUT2D eigenvalue weighted by atomic mass is 9.76. The number of aliphatic carboxylic acids is 1. The van der Waals surface area contributed by atoms with Crippen LogP contribution in [0.25, 0.3) is 0 Å². The van der Waals surface area contributed by atoms with Gasteiger partial charge in [-0.25, -0.2) is 0 Å². The minimum Gasteiger partial charge on any atom is -0.497 e. The number of nitrogens with zero attached hydrogens (tertiary/aromatic N) is 1. The summed E-state index contributed by atoms with van der Waals surface area (Å²) in [6, 6.07) is 8.53. The van der Waals surface area contributed by atoms with Gasteiger partial charge in [0.05, 0.1) is 32.1 Å². The molecular formula is C17H21NO5. The van der Waals surface area contributed by atoms with Crippen LogP contribution in [0.3, 0.4) is 0 Å². The van der Waals surface area contributed by atoms with E-state index in [9.17, 15) is 20.0 Å². The van der Waals surface area contributed by atoms with Gasteiger partial charge in [-0.15, -0.1) is 0 Å². The van der Waals surface area contributed by atoms with E-state index in [4.69, 9.17) is 9.47 Å². The maximum Gasteiger partial charge on any atom is 0.308 e. The molecule has 2 unspecified atom stereocenters. The highest BCUT2D eigenvalue weighted by molar-refractivity contribution is 5.77. The number of carbonyl (C=O) groups is 2. The Morgan fingerprint density at radius 2 is 2.09 bits per heavy atom. The number of carboxylic acids is 1. The maximum absolute atomic E-state index is 12.1. The average molecular weight is 319 g/mol. The van der Waals surface area contributed by atoms with Crippen molar-refractivity contribution in [3.63, 3.8) is 0 Å². The van der Waals surface area contributed by atoms with Gasteiger partial charge in [-0.1, -0.05) is 19.1 Å². The number of hydrogen-bond donors (Lipinski definition) is 1. The molecule has 0 heterocycles. The first-order valence-electron chi connectivity index (χ1n) is 7.34. The van der Waals surface area contributed by atoms with Crippen molar-refractivity contribution in [3.05, 3.63) is 29.8 Å². The average Bonchev–Trinajstić information content (AvgIpc) is 2.53. The summed E-state index contributed by atoms with van der Waals surface area (Å²) in [5.74, 6) is -1.27. The third kappa shape index (κ3) is 4.99. The van der Waals surface area contributed by atoms with E-state index in [2.05, 4.69) is 0 Å². The molecule has 6 heteroatoms. The highest BCUT2D eigenvalue weighted by Gasteiger charge is 2.38. The lowest BCUT2D eigenvalue weighted by Crippen LogP contribution is -2.32. The van der Waals surface area contributed by atoms with Crippen LogP contribution in [0.2, 0.25) is 0 Å². The second-order valence-corrected chi connectivity index (χ2v) is 5.38. The van der Waals surface area contributed by atoms with Crippen molar-refractivity contribution < 1.29 is 24.2 Å². The van der Waals surface area contributed by atoms with E-state index in [0.717, 1.165) is 0 Å². The van der Waals surface area contributed by atoms with Gasteiger partial charge in [0.2, 0.25) is 0 Å². The standard InChI is InChI=1S/C17H21NO5/c1-4-12(2)23-16(21)10-17(11-18,9-15(19)20)13-6-5-7-14(8-13)22-3/h5-8,12H,4,9-10H2,1-3H3,(H,19,20). The topological polar surface area (TPSA) is 96.6 Å². The number of ether oxygens (including phenoxy) is 2. The molecule has 2 atom stereocenters. The Kier molecular flexibility index (Phi) is 6.58. The van der Waals surface area contributed by atoms with Gasteiger partial charge in [-0.3, -0.25) is 9.59 Å². The van der Waals surface area contributed by atoms with E-state index >= 15 is 0 Å². The fourth-order valence-electron chi connectivity index (χ4n) is 2.18. The summed E-state index contributed by atoms with van der Waals surface area (Å²) in [5.41, 5.74) is -1.08. The summed E-state index contributed by atoms with van der Waals surface area (Å²) in [5, 5.41) is 18.8. The van der Waals surface area contributed by atoms with Gasteiger partial charge in [0.15, 0.2) is 0 Å². The number of rotatable bonds is 8. The van der Waals surface area contributed by atoms with Crippen LogP contribution in [0.15, 0.2) is 24.3 Å². The van der Waals surface area contributed by atoms with Crippen molar-refractivity contribution in [2.45, 2.75) is 44.6 Å². The highest BCUT2D eigenvalue weighted by atomic mass is 16.5. The summed E-state index contributed by atoms with van der Waals surface area (Å²) in [6.07, 6.45) is -0.461. The summed E-state index contributed by atoms with van der Waals surface area (Å²) in [7, 11) is 1.47. The second kappa shape index (κ2) is 8.18. The molecule has 0 amide bonds. The van der Waals surface area contributed by atoms with Crippen LogP contribution < -0.4 is 4.74 Å². The SMILES string of the molecule is CCC(C)OC(=O)CC(C#N)(CC(=O)O)c1cccc(OC)c1. The Balaban J connectivity index is 3.18. The van der Waals surface area contributed by atoms with Gasteiger partial charge >= 0.3 is 11.9 Å². The number of hydrogen-bond acceptors (Lipinski definition) is 5. The van der Waals surface area contributed by atoms with E-state index < -0.39 is 23.8 Å². The van der Waals surface area contributed by atoms with Crippen molar-refractivity contribution in [1.82, 2.24) is 0 Å². The van der Waals surface area contributed by atoms with Crippen LogP contribution in [-0.2, 0) is 19.7 Å². The first-order valence-corrected chi connectivity index (χ1v) is 7.34. The van der Waals surface area contributed by atoms with E-state index in [0.29, 0.717) is 17.7 Å². The van der Waals surface area contributed by atoms with Crippen molar-refractivity contribution in [3.8, 4) is 11.8 Å². The number of carboxylic acid groups (broad SMARTS) is 1. The molecular weight excluding hydrogens is 298 g/mol.